The van der Waals surface area contributed by atoms with E-state index in [4.69, 9.17) is 18.9 Å². The van der Waals surface area contributed by atoms with Gasteiger partial charge in [-0.2, -0.15) is 0 Å². The second-order valence-corrected chi connectivity index (χ2v) is 14.4. The number of rotatable bonds is 10. The molecule has 19 heteroatoms. The number of aliphatic hydroxyl groups excluding tert-OH is 2. The summed E-state index contributed by atoms with van der Waals surface area (Å²) in [5.41, 5.74) is 0.162. The van der Waals surface area contributed by atoms with Gasteiger partial charge in [-0.25, -0.2) is 19.4 Å². The average Bonchev–Trinajstić information content (AvgIpc) is 4.00. The molecule has 60 heavy (non-hydrogen) atoms. The fourth-order valence-corrected chi connectivity index (χ4v) is 8.21. The van der Waals surface area contributed by atoms with Gasteiger partial charge >= 0.3 is 12.2 Å². The molecule has 19 nitrogen and oxygen atoms in total. The van der Waals surface area contributed by atoms with Gasteiger partial charge in [0.15, 0.2) is 12.5 Å². The van der Waals surface area contributed by atoms with Crippen LogP contribution in [0.15, 0.2) is 61.7 Å². The molecule has 0 radical (unpaired) electrons. The minimum Gasteiger partial charge on any atom is -0.495 e. The molecular weight excluding hydrogens is 782 g/mol. The smallest absolute Gasteiger partial charge is 0.416 e. The van der Waals surface area contributed by atoms with Crippen LogP contribution in [0.1, 0.15) is 67.4 Å². The highest BCUT2D eigenvalue weighted by Crippen LogP contribution is 2.42. The van der Waals surface area contributed by atoms with Crippen molar-refractivity contribution in [3.05, 3.63) is 84.2 Å². The highest BCUT2D eigenvalue weighted by molar-refractivity contribution is 6.12. The van der Waals surface area contributed by atoms with Gasteiger partial charge in [-0.15, -0.1) is 0 Å². The fourth-order valence-electron chi connectivity index (χ4n) is 8.21. The van der Waals surface area contributed by atoms with Crippen molar-refractivity contribution in [1.82, 2.24) is 14.4 Å². The molecule has 3 aromatic rings. The van der Waals surface area contributed by atoms with Crippen molar-refractivity contribution in [2.45, 2.75) is 50.2 Å². The van der Waals surface area contributed by atoms with E-state index in [-0.39, 0.29) is 70.0 Å². The predicted octanol–water partition coefficient (Wildman–Crippen LogP) is 3.68. The molecule has 0 unspecified atom stereocenters. The lowest BCUT2D eigenvalue weighted by atomic mass is 10.1. The molecule has 4 aliphatic heterocycles. The largest absolute Gasteiger partial charge is 0.495 e. The number of amides is 6. The SMILES string of the molecule is C=CCOC(=O)N1c2cc(NC(=O)c3ccc(C(=O)Nc4cc5c(cc4OC)C(=O)N4CCC[C@H]4[C@H](O)N5C(=O)OCC=C)n3C)c(OC)cc2C(=O)N2CCC[C@H]2[C@@H]1O. The molecule has 0 bridgehead atoms. The summed E-state index contributed by atoms with van der Waals surface area (Å²) in [6, 6.07) is 6.83. The first-order chi connectivity index (χ1) is 28.8. The number of methoxy groups -OCH3 is 2. The van der Waals surface area contributed by atoms with Gasteiger partial charge in [-0.3, -0.25) is 19.2 Å². The van der Waals surface area contributed by atoms with Gasteiger partial charge in [0.25, 0.3) is 23.6 Å². The maximum Gasteiger partial charge on any atom is 0.416 e. The lowest BCUT2D eigenvalue weighted by Gasteiger charge is -2.31. The second kappa shape index (κ2) is 16.8. The van der Waals surface area contributed by atoms with Crippen LogP contribution < -0.4 is 29.9 Å². The number of aliphatic hydroxyl groups is 2. The third-order valence-electron chi connectivity index (χ3n) is 11.1. The highest BCUT2D eigenvalue weighted by Gasteiger charge is 2.47. The molecular formula is C41H45N7O12. The Morgan fingerprint density at radius 3 is 1.48 bits per heavy atom. The Morgan fingerprint density at radius 2 is 1.12 bits per heavy atom. The van der Waals surface area contributed by atoms with Crippen molar-refractivity contribution >= 4 is 58.6 Å². The summed E-state index contributed by atoms with van der Waals surface area (Å²) in [6.45, 7) is 7.54. The molecule has 0 spiro atoms. The Bertz CT molecular complexity index is 2140. The maximum atomic E-state index is 13.9. The minimum absolute atomic E-state index is 0.00971. The highest BCUT2D eigenvalue weighted by atomic mass is 16.6. The topological polar surface area (TPSA) is 222 Å². The lowest BCUT2D eigenvalue weighted by Crippen LogP contribution is -2.50. The summed E-state index contributed by atoms with van der Waals surface area (Å²) in [5.74, 6) is -2.13. The van der Waals surface area contributed by atoms with Crippen LogP contribution >= 0.6 is 0 Å². The number of nitrogens with one attached hydrogen (secondary N) is 2. The molecule has 6 amide bonds. The molecule has 2 saturated heterocycles. The van der Waals surface area contributed by atoms with Crippen LogP contribution in [0.5, 0.6) is 11.5 Å². The minimum atomic E-state index is -1.46. The van der Waals surface area contributed by atoms with Gasteiger partial charge in [0.2, 0.25) is 0 Å². The molecule has 2 fully saturated rings. The molecule has 4 aliphatic rings. The quantitative estimate of drug-likeness (QED) is 0.215. The zero-order valence-electron chi connectivity index (χ0n) is 33.2. The molecule has 4 atom stereocenters. The van der Waals surface area contributed by atoms with Crippen LogP contribution in [0.4, 0.5) is 32.3 Å². The standard InChI is InChI=1S/C41H45N7O12/c1-6-16-59-40(55)47-30-20-24(32(57-4)18-22(30)36(51)45-14-8-10-28(45)38(47)53)42-34(49)26-12-13-27(44(26)3)35(50)43-25-21-31-23(19-33(25)58-5)37(52)46-15-9-11-29(46)39(54)48(31)41(56)60-17-7-2/h6-7,12-13,18-21,28-29,38-39,53-54H,1-2,8-11,14-17H2,3-5H3,(H,42,49)(H,43,50)/t28-,29-,38-,39-/m0/s1. The molecule has 7 rings (SSSR count). The van der Waals surface area contributed by atoms with Crippen LogP contribution in [0, 0.1) is 0 Å². The number of aromatic nitrogens is 1. The number of hydrogen-bond acceptors (Lipinski definition) is 12. The Hall–Kier alpha value is -6.86. The van der Waals surface area contributed by atoms with Crippen LogP contribution in [0.25, 0.3) is 0 Å². The van der Waals surface area contributed by atoms with Gasteiger partial charge in [-0.1, -0.05) is 25.3 Å². The normalized spacial score (nSPS) is 20.5. The Kier molecular flexibility index (Phi) is 11.6. The Labute approximate surface area is 344 Å². The number of benzene rings is 2. The van der Waals surface area contributed by atoms with Crippen molar-refractivity contribution in [2.75, 3.05) is 61.0 Å². The molecule has 0 saturated carbocycles. The molecule has 2 aromatic carbocycles. The third-order valence-corrected chi connectivity index (χ3v) is 11.1. The van der Waals surface area contributed by atoms with Crippen molar-refractivity contribution in [3.8, 4) is 11.5 Å². The summed E-state index contributed by atoms with van der Waals surface area (Å²) in [5, 5.41) is 28.3. The lowest BCUT2D eigenvalue weighted by molar-refractivity contribution is 0.0495. The Morgan fingerprint density at radius 1 is 0.717 bits per heavy atom. The summed E-state index contributed by atoms with van der Waals surface area (Å²) in [7, 11) is 4.16. The number of hydrogen-bond donors (Lipinski definition) is 4. The number of ether oxygens (including phenoxy) is 4. The zero-order valence-corrected chi connectivity index (χ0v) is 33.2. The number of carbonyl (C=O) groups excluding carboxylic acids is 6. The monoisotopic (exact) mass is 827 g/mol. The van der Waals surface area contributed by atoms with E-state index in [0.29, 0.717) is 38.8 Å². The first kappa shape index (κ1) is 41.3. The van der Waals surface area contributed by atoms with Crippen molar-refractivity contribution < 1.29 is 57.9 Å². The van der Waals surface area contributed by atoms with Crippen LogP contribution in [-0.4, -0.2) is 125 Å². The van der Waals surface area contributed by atoms with Crippen LogP contribution in [0.3, 0.4) is 0 Å². The molecule has 316 valence electrons. The number of anilines is 4. The predicted molar refractivity (Wildman–Crippen MR) is 215 cm³/mol. The maximum absolute atomic E-state index is 13.9. The number of carbonyl (C=O) groups is 6. The van der Waals surface area contributed by atoms with Gasteiger partial charge < -0.3 is 54.2 Å². The van der Waals surface area contributed by atoms with E-state index < -0.39 is 60.4 Å². The second-order valence-electron chi connectivity index (χ2n) is 14.4. The van der Waals surface area contributed by atoms with E-state index in [1.54, 1.807) is 0 Å². The van der Waals surface area contributed by atoms with Crippen molar-refractivity contribution in [3.63, 3.8) is 0 Å². The molecule has 0 aliphatic carbocycles. The third kappa shape index (κ3) is 7.15. The zero-order chi connectivity index (χ0) is 43.0. The van der Waals surface area contributed by atoms with Crippen LogP contribution in [0.2, 0.25) is 0 Å². The summed E-state index contributed by atoms with van der Waals surface area (Å²) in [4.78, 5) is 87.0. The summed E-state index contributed by atoms with van der Waals surface area (Å²) >= 11 is 0. The average molecular weight is 828 g/mol. The molecule has 5 heterocycles. The molecule has 4 N–H and O–H groups in total. The van der Waals surface area contributed by atoms with E-state index in [1.165, 1.54) is 84.2 Å². The first-order valence-corrected chi connectivity index (χ1v) is 19.2. The van der Waals surface area contributed by atoms with Gasteiger partial charge in [0.05, 0.1) is 60.2 Å². The van der Waals surface area contributed by atoms with Gasteiger partial charge in [0, 0.05) is 20.1 Å². The van der Waals surface area contributed by atoms with Crippen LogP contribution in [-0.2, 0) is 16.5 Å². The van der Waals surface area contributed by atoms with Crippen molar-refractivity contribution in [1.29, 1.82) is 0 Å². The van der Waals surface area contributed by atoms with E-state index >= 15 is 0 Å². The molecule has 1 aromatic heterocycles. The fraction of sp³-hybridized carbons (Fsp3) is 0.366. The van der Waals surface area contributed by atoms with Gasteiger partial charge in [0.1, 0.15) is 36.1 Å². The van der Waals surface area contributed by atoms with E-state index in [0.717, 1.165) is 9.80 Å². The number of fused-ring (bicyclic) bond motifs is 4. The van der Waals surface area contributed by atoms with E-state index in [9.17, 15) is 39.0 Å². The van der Waals surface area contributed by atoms with Gasteiger partial charge in [-0.05, 0) is 62.1 Å². The summed E-state index contributed by atoms with van der Waals surface area (Å²) in [6.07, 6.45) is 0.0766. The Balaban J connectivity index is 1.18. The van der Waals surface area contributed by atoms with E-state index in [2.05, 4.69) is 23.8 Å². The number of nitrogens with zero attached hydrogens (tertiary/aromatic N) is 5. The summed E-state index contributed by atoms with van der Waals surface area (Å²) < 4.78 is 23.0. The first-order valence-electron chi connectivity index (χ1n) is 19.2. The van der Waals surface area contributed by atoms with E-state index in [1.807, 2.05) is 0 Å². The van der Waals surface area contributed by atoms with Crippen molar-refractivity contribution in [2.24, 2.45) is 7.05 Å².